The lowest BCUT2D eigenvalue weighted by atomic mass is 10.1. The van der Waals surface area contributed by atoms with Crippen LogP contribution in [0.2, 0.25) is 0 Å². The SMILES string of the molecule is Oc1cc(O)c(O)cc1O.Oc1cc(O)c2ccccc2c1.Oc1cc2ccccc2cc1O.Oc1ccc(O)c2ccccc12.Oc1ccc2c(O)cccc2c1.Oc1ccc2cccc(O)c2c1.Oc1ccc2ccccc2c1O.Oc1cccc2c(O)cccc12.Oc1cccc2cccc(O)c12. The van der Waals surface area contributed by atoms with E-state index in [1.807, 2.05) is 103 Å². The molecule has 0 aromatic heterocycles. The number of aromatic hydroxyl groups is 20. The Bertz CT molecular complexity index is 5590. The molecule has 0 saturated carbocycles. The van der Waals surface area contributed by atoms with Crippen LogP contribution in [0.4, 0.5) is 0 Å². The second kappa shape index (κ2) is 34.7. The molecule has 0 unspecified atom stereocenters. The highest BCUT2D eigenvalue weighted by molar-refractivity contribution is 5.96. The van der Waals surface area contributed by atoms with E-state index in [-0.39, 0.29) is 92.0 Å². The second-order valence-electron chi connectivity index (χ2n) is 23.2. The lowest BCUT2D eigenvalue weighted by Gasteiger charge is -2.01. The Hall–Kier alpha value is -15.2. The molecule has 106 heavy (non-hydrogen) atoms. The van der Waals surface area contributed by atoms with Crippen molar-refractivity contribution >= 4 is 86.2 Å². The van der Waals surface area contributed by atoms with Crippen molar-refractivity contribution in [1.29, 1.82) is 0 Å². The Morgan fingerprint density at radius 3 is 0.906 bits per heavy atom. The lowest BCUT2D eigenvalue weighted by molar-refractivity contribution is 0.373. The smallest absolute Gasteiger partial charge is 0.165 e. The first-order valence-electron chi connectivity index (χ1n) is 32.0. The van der Waals surface area contributed by atoms with Crippen LogP contribution < -0.4 is 0 Å². The van der Waals surface area contributed by atoms with Gasteiger partial charge in [-0.1, -0.05) is 182 Å². The first kappa shape index (κ1) is 75.0. The fraction of sp³-hybridized carbons (Fsp3) is 0. The van der Waals surface area contributed by atoms with Crippen LogP contribution in [-0.2, 0) is 0 Å². The first-order valence-corrected chi connectivity index (χ1v) is 32.0. The van der Waals surface area contributed by atoms with Crippen molar-refractivity contribution < 1.29 is 102 Å². The van der Waals surface area contributed by atoms with Crippen molar-refractivity contribution in [2.45, 2.75) is 0 Å². The Balaban J connectivity index is 0.000000138. The maximum Gasteiger partial charge on any atom is 0.165 e. The summed E-state index contributed by atoms with van der Waals surface area (Å²) in [5.74, 6) is -0.0694. The number of rotatable bonds is 0. The summed E-state index contributed by atoms with van der Waals surface area (Å²) in [7, 11) is 0. The van der Waals surface area contributed by atoms with Gasteiger partial charge in [-0.25, -0.2) is 0 Å². The minimum Gasteiger partial charge on any atom is -0.508 e. The van der Waals surface area contributed by atoms with E-state index in [1.165, 1.54) is 24.3 Å². The van der Waals surface area contributed by atoms with Gasteiger partial charge in [-0.3, -0.25) is 0 Å². The molecular weight excluding hydrogens is 1350 g/mol. The molecule has 0 amide bonds. The Morgan fingerprint density at radius 1 is 0.123 bits per heavy atom. The highest BCUT2D eigenvalue weighted by Crippen LogP contribution is 2.39. The van der Waals surface area contributed by atoms with E-state index in [1.54, 1.807) is 164 Å². The second-order valence-corrected chi connectivity index (χ2v) is 23.2. The molecule has 0 heterocycles. The minimum atomic E-state index is -0.463. The highest BCUT2D eigenvalue weighted by atomic mass is 16.3. The van der Waals surface area contributed by atoms with Gasteiger partial charge < -0.3 is 102 Å². The molecule has 0 atom stereocenters. The summed E-state index contributed by atoms with van der Waals surface area (Å²) in [6, 6.07) is 84.1. The minimum absolute atomic E-state index is 0.0481. The van der Waals surface area contributed by atoms with Crippen molar-refractivity contribution in [1.82, 2.24) is 0 Å². The van der Waals surface area contributed by atoms with E-state index in [0.717, 1.165) is 60.6 Å². The molecule has 0 aliphatic carbocycles. The molecule has 0 radical (unpaired) electrons. The summed E-state index contributed by atoms with van der Waals surface area (Å²) in [6.07, 6.45) is 0. The molecule has 17 aromatic carbocycles. The quantitative estimate of drug-likeness (QED) is 0.0495. The van der Waals surface area contributed by atoms with Crippen molar-refractivity contribution in [3.05, 3.63) is 303 Å². The predicted octanol–water partition coefficient (Wildman–Crippen LogP) is 18.5. The fourth-order valence-electron chi connectivity index (χ4n) is 10.6. The molecule has 17 aromatic rings. The van der Waals surface area contributed by atoms with Crippen LogP contribution in [0.15, 0.2) is 303 Å². The maximum absolute atomic E-state index is 9.41. The Morgan fingerprint density at radius 2 is 0.415 bits per heavy atom. The number of hydrogen-bond donors (Lipinski definition) is 20. The van der Waals surface area contributed by atoms with Gasteiger partial charge in [0.2, 0.25) is 0 Å². The van der Waals surface area contributed by atoms with Crippen LogP contribution in [0.3, 0.4) is 0 Å². The van der Waals surface area contributed by atoms with Gasteiger partial charge in [0.25, 0.3) is 0 Å². The third-order valence-corrected chi connectivity index (χ3v) is 15.9. The van der Waals surface area contributed by atoms with E-state index >= 15 is 0 Å². The molecule has 534 valence electrons. The van der Waals surface area contributed by atoms with Gasteiger partial charge in [0.1, 0.15) is 69.0 Å². The first-order chi connectivity index (χ1) is 50.8. The zero-order valence-corrected chi connectivity index (χ0v) is 55.8. The number of hydrogen-bond acceptors (Lipinski definition) is 20. The Labute approximate surface area is 603 Å². The maximum atomic E-state index is 9.41. The largest absolute Gasteiger partial charge is 0.508 e. The standard InChI is InChI=1S/8C10H8O2.C6H6O4/c11-9-5-1-3-7-8(9)4-2-6-10(7)12;11-8-5-1-3-7-4-2-6-9(12)10(7)8;11-8-4-5-9-7(6-8)2-1-3-10(9)12;11-8-5-4-7-2-1-3-10(12)9(7)6-8;11-8-5-7-3-1-2-4-9(7)10(12)6-8;11-9-5-7-3-1-2-4-8(7)6-10(9)12;11-9-5-6-10(12)8-4-2-1-3-7(8)9;11-9-6-5-7-3-1-2-4-8(7)10(9)12;7-3-1-4(8)6(10)2-5(3)9/h8*1-6,11-12H;1-2,7-10H. The van der Waals surface area contributed by atoms with E-state index < -0.39 is 23.0 Å². The topological polar surface area (TPSA) is 405 Å². The Kier molecular flexibility index (Phi) is 24.6. The summed E-state index contributed by atoms with van der Waals surface area (Å²) in [5, 5.41) is 196. The number of phenolic OH excluding ortho intramolecular Hbond substituents is 20. The van der Waals surface area contributed by atoms with Gasteiger partial charge in [-0.05, 0) is 141 Å². The van der Waals surface area contributed by atoms with Crippen LogP contribution in [0, 0.1) is 0 Å². The average molecular weight is 1420 g/mol. The van der Waals surface area contributed by atoms with E-state index in [2.05, 4.69) is 0 Å². The summed E-state index contributed by atoms with van der Waals surface area (Å²) >= 11 is 0. The summed E-state index contributed by atoms with van der Waals surface area (Å²) in [4.78, 5) is 0. The van der Waals surface area contributed by atoms with Gasteiger partial charge in [-0.2, -0.15) is 0 Å². The molecule has 17 rings (SSSR count). The average Bonchev–Trinajstić information content (AvgIpc) is 0.798. The summed E-state index contributed by atoms with van der Waals surface area (Å²) < 4.78 is 0. The zero-order valence-electron chi connectivity index (χ0n) is 55.8. The van der Waals surface area contributed by atoms with Gasteiger partial charge >= 0.3 is 0 Å². The third-order valence-electron chi connectivity index (χ3n) is 15.9. The normalized spacial score (nSPS) is 10.3. The number of fused-ring (bicyclic) bond motifs is 8. The summed E-state index contributed by atoms with van der Waals surface area (Å²) in [5.41, 5.74) is 0. The molecule has 20 N–H and O–H groups in total. The predicted molar refractivity (Wildman–Crippen MR) is 411 cm³/mol. The van der Waals surface area contributed by atoms with E-state index in [4.69, 9.17) is 51.1 Å². The number of benzene rings is 17. The van der Waals surface area contributed by atoms with E-state index in [0.29, 0.717) is 37.7 Å². The fourth-order valence-corrected chi connectivity index (χ4v) is 10.6. The van der Waals surface area contributed by atoms with Crippen molar-refractivity contribution in [2.24, 2.45) is 0 Å². The third kappa shape index (κ3) is 19.2. The van der Waals surface area contributed by atoms with Crippen LogP contribution in [0.5, 0.6) is 115 Å². The lowest BCUT2D eigenvalue weighted by Crippen LogP contribution is -1.73. The monoisotopic (exact) mass is 1420 g/mol. The molecule has 20 nitrogen and oxygen atoms in total. The van der Waals surface area contributed by atoms with Crippen molar-refractivity contribution in [2.75, 3.05) is 0 Å². The number of phenols is 20. The van der Waals surface area contributed by atoms with Crippen LogP contribution >= 0.6 is 0 Å². The van der Waals surface area contributed by atoms with Crippen molar-refractivity contribution in [3.63, 3.8) is 0 Å². The molecule has 0 aliphatic rings. The van der Waals surface area contributed by atoms with Gasteiger partial charge in [0.15, 0.2) is 46.0 Å². The van der Waals surface area contributed by atoms with Crippen LogP contribution in [0.25, 0.3) is 86.2 Å². The molecule has 0 bridgehead atoms. The van der Waals surface area contributed by atoms with Gasteiger partial charge in [0.05, 0.1) is 5.39 Å². The molecule has 0 spiro atoms. The molecule has 0 saturated heterocycles. The molecular formula is C86H70O20. The zero-order chi connectivity index (χ0) is 76.1. The van der Waals surface area contributed by atoms with Crippen molar-refractivity contribution in [3.8, 4) is 115 Å². The van der Waals surface area contributed by atoms with Crippen LogP contribution in [0.1, 0.15) is 0 Å². The summed E-state index contributed by atoms with van der Waals surface area (Å²) in [6.45, 7) is 0. The van der Waals surface area contributed by atoms with Gasteiger partial charge in [0, 0.05) is 61.3 Å². The molecule has 0 aliphatic heterocycles. The van der Waals surface area contributed by atoms with E-state index in [9.17, 15) is 51.1 Å². The van der Waals surface area contributed by atoms with Gasteiger partial charge in [-0.15, -0.1) is 0 Å². The molecule has 20 heteroatoms. The van der Waals surface area contributed by atoms with Crippen LogP contribution in [-0.4, -0.2) is 102 Å². The highest BCUT2D eigenvalue weighted by Gasteiger charge is 2.09. The molecule has 0 fully saturated rings.